The number of aromatic nitrogens is 3. The van der Waals surface area contributed by atoms with Crippen LogP contribution >= 0.6 is 0 Å². The van der Waals surface area contributed by atoms with Gasteiger partial charge in [-0.3, -0.25) is 0 Å². The van der Waals surface area contributed by atoms with Crippen molar-refractivity contribution < 1.29 is 4.42 Å². The molecule has 306 valence electrons. The summed E-state index contributed by atoms with van der Waals surface area (Å²) >= 11 is 0. The molecule has 0 amide bonds. The molecule has 0 aliphatic heterocycles. The lowest BCUT2D eigenvalue weighted by atomic mass is 9.55. The van der Waals surface area contributed by atoms with Crippen LogP contribution in [0.2, 0.25) is 0 Å². The molecule has 0 saturated carbocycles. The number of hydrogen-bond acceptors (Lipinski definition) is 4. The van der Waals surface area contributed by atoms with E-state index in [1.54, 1.807) is 0 Å². The van der Waals surface area contributed by atoms with E-state index in [0.717, 1.165) is 60.9 Å². The molecule has 9 aromatic carbocycles. The van der Waals surface area contributed by atoms with Crippen molar-refractivity contribution >= 4 is 21.9 Å². The van der Waals surface area contributed by atoms with Crippen LogP contribution in [0.1, 0.15) is 47.2 Å². The van der Waals surface area contributed by atoms with Crippen LogP contribution in [0.15, 0.2) is 217 Å². The number of hydrogen-bond donors (Lipinski definition) is 0. The van der Waals surface area contributed by atoms with Gasteiger partial charge in [-0.05, 0) is 91.0 Å². The van der Waals surface area contributed by atoms with Gasteiger partial charge in [0, 0.05) is 32.9 Å². The van der Waals surface area contributed by atoms with E-state index in [2.05, 4.69) is 190 Å². The highest BCUT2D eigenvalue weighted by atomic mass is 16.3. The van der Waals surface area contributed by atoms with E-state index in [-0.39, 0.29) is 5.41 Å². The molecule has 2 heterocycles. The SMILES string of the molecule is CC1(C)c2ccccc2C2(c3ccc(-c4ccc5oc6ccccc6c5c4)cc3-c3c(-c4nc(-c5ccccc5)nc(-c5ccc(-c6ccccc6)cc5)n4)cccc32)c2ccccc21. The van der Waals surface area contributed by atoms with Crippen molar-refractivity contribution in [3.8, 4) is 67.5 Å². The molecule has 4 nitrogen and oxygen atoms in total. The molecular weight excluding hydrogens is 791 g/mol. The lowest BCUT2D eigenvalue weighted by Crippen LogP contribution is -2.40. The topological polar surface area (TPSA) is 51.8 Å². The Labute approximate surface area is 377 Å². The predicted octanol–water partition coefficient (Wildman–Crippen LogP) is 15.1. The van der Waals surface area contributed by atoms with Crippen LogP contribution in [-0.4, -0.2) is 15.0 Å². The first kappa shape index (κ1) is 37.4. The van der Waals surface area contributed by atoms with Gasteiger partial charge in [0.25, 0.3) is 0 Å². The van der Waals surface area contributed by atoms with Gasteiger partial charge in [0.15, 0.2) is 17.5 Å². The Morgan fingerprint density at radius 2 is 0.815 bits per heavy atom. The molecule has 0 unspecified atom stereocenters. The minimum Gasteiger partial charge on any atom is -0.456 e. The highest BCUT2D eigenvalue weighted by Crippen LogP contribution is 2.63. The first-order valence-corrected chi connectivity index (χ1v) is 22.3. The average Bonchev–Trinajstić information content (AvgIpc) is 3.89. The summed E-state index contributed by atoms with van der Waals surface area (Å²) in [5.74, 6) is 1.89. The van der Waals surface area contributed by atoms with Gasteiger partial charge in [-0.1, -0.05) is 202 Å². The minimum atomic E-state index is -0.599. The number of benzene rings is 9. The Kier molecular flexibility index (Phi) is 8.13. The number of nitrogens with zero attached hydrogens (tertiary/aromatic N) is 3. The highest BCUT2D eigenvalue weighted by molar-refractivity contribution is 6.06. The van der Waals surface area contributed by atoms with E-state index in [4.69, 9.17) is 19.4 Å². The van der Waals surface area contributed by atoms with Gasteiger partial charge >= 0.3 is 0 Å². The lowest BCUT2D eigenvalue weighted by Gasteiger charge is -2.46. The molecule has 2 aromatic heterocycles. The number of para-hydroxylation sites is 1. The second-order valence-corrected chi connectivity index (χ2v) is 17.9. The molecule has 13 rings (SSSR count). The van der Waals surface area contributed by atoms with Crippen molar-refractivity contribution in [2.24, 2.45) is 0 Å². The molecule has 0 atom stereocenters. The van der Waals surface area contributed by atoms with E-state index < -0.39 is 5.41 Å². The smallest absolute Gasteiger partial charge is 0.164 e. The van der Waals surface area contributed by atoms with E-state index >= 15 is 0 Å². The Bertz CT molecular complexity index is 3630. The Balaban J connectivity index is 1.08. The lowest BCUT2D eigenvalue weighted by molar-refractivity contribution is 0.563. The van der Waals surface area contributed by atoms with Crippen LogP contribution in [0.25, 0.3) is 89.5 Å². The molecule has 2 aliphatic carbocycles. The summed E-state index contributed by atoms with van der Waals surface area (Å²) in [6, 6.07) is 76.2. The van der Waals surface area contributed by atoms with Crippen molar-refractivity contribution in [1.29, 1.82) is 0 Å². The number of rotatable bonds is 5. The van der Waals surface area contributed by atoms with Gasteiger partial charge < -0.3 is 4.42 Å². The van der Waals surface area contributed by atoms with Gasteiger partial charge in [0.1, 0.15) is 11.2 Å². The summed E-state index contributed by atoms with van der Waals surface area (Å²) in [5.41, 5.74) is 18.4. The molecule has 1 spiro atoms. The zero-order chi connectivity index (χ0) is 43.3. The van der Waals surface area contributed by atoms with Gasteiger partial charge in [0.05, 0.1) is 5.41 Å². The van der Waals surface area contributed by atoms with Crippen molar-refractivity contribution in [3.63, 3.8) is 0 Å². The summed E-state index contributed by atoms with van der Waals surface area (Å²) in [4.78, 5) is 15.9. The molecule has 11 aromatic rings. The Hall–Kier alpha value is -8.21. The Morgan fingerprint density at radius 1 is 0.323 bits per heavy atom. The predicted molar refractivity (Wildman–Crippen MR) is 264 cm³/mol. The summed E-state index contributed by atoms with van der Waals surface area (Å²) < 4.78 is 6.28. The maximum Gasteiger partial charge on any atom is 0.164 e. The van der Waals surface area contributed by atoms with Crippen LogP contribution in [0.3, 0.4) is 0 Å². The van der Waals surface area contributed by atoms with Crippen LogP contribution in [-0.2, 0) is 10.8 Å². The van der Waals surface area contributed by atoms with E-state index in [1.165, 1.54) is 44.5 Å². The normalized spacial score (nSPS) is 13.9. The second kappa shape index (κ2) is 14.2. The third-order valence-electron chi connectivity index (χ3n) is 14.0. The van der Waals surface area contributed by atoms with Gasteiger partial charge in [-0.15, -0.1) is 0 Å². The molecule has 0 saturated heterocycles. The van der Waals surface area contributed by atoms with Gasteiger partial charge in [-0.25, -0.2) is 15.0 Å². The monoisotopic (exact) mass is 831 g/mol. The van der Waals surface area contributed by atoms with Crippen molar-refractivity contribution in [3.05, 3.63) is 246 Å². The molecule has 0 bridgehead atoms. The fourth-order valence-electron chi connectivity index (χ4n) is 11.0. The highest BCUT2D eigenvalue weighted by Gasteiger charge is 2.54. The maximum absolute atomic E-state index is 6.28. The molecular formula is C61H41N3O. The summed E-state index contributed by atoms with van der Waals surface area (Å²) in [6.07, 6.45) is 0. The van der Waals surface area contributed by atoms with Crippen molar-refractivity contribution in [2.75, 3.05) is 0 Å². The molecule has 0 fully saturated rings. The molecule has 4 heteroatoms. The largest absolute Gasteiger partial charge is 0.456 e. The van der Waals surface area contributed by atoms with Crippen LogP contribution < -0.4 is 0 Å². The average molecular weight is 832 g/mol. The second-order valence-electron chi connectivity index (χ2n) is 17.9. The zero-order valence-corrected chi connectivity index (χ0v) is 36.0. The summed E-state index contributed by atoms with van der Waals surface area (Å²) in [7, 11) is 0. The van der Waals surface area contributed by atoms with Crippen LogP contribution in [0.4, 0.5) is 0 Å². The molecule has 65 heavy (non-hydrogen) atoms. The maximum atomic E-state index is 6.28. The molecule has 0 radical (unpaired) electrons. The van der Waals surface area contributed by atoms with Gasteiger partial charge in [-0.2, -0.15) is 0 Å². The van der Waals surface area contributed by atoms with Gasteiger partial charge in [0.2, 0.25) is 0 Å². The standard InChI is InChI=1S/C61H41N3O/c1-60(2)49-22-10-12-24-51(49)61(52-25-13-11-23-50(52)60)48-34-32-42(43-33-35-55-46(36-43)44-20-9-14-27-54(44)65-55)37-47(48)56-45(21-15-26-53(56)61)59-63-57(40-18-7-4-8-19-40)62-58(64-59)41-30-28-39(29-31-41)38-16-5-3-6-17-38/h3-37H,1-2H3. The fraction of sp³-hybridized carbons (Fsp3) is 0.0656. The van der Waals surface area contributed by atoms with Crippen LogP contribution in [0, 0.1) is 0 Å². The molecule has 0 N–H and O–H groups in total. The zero-order valence-electron chi connectivity index (χ0n) is 36.0. The summed E-state index contributed by atoms with van der Waals surface area (Å²) in [6.45, 7) is 4.74. The quantitative estimate of drug-likeness (QED) is 0.173. The third kappa shape index (κ3) is 5.53. The van der Waals surface area contributed by atoms with E-state index in [1.807, 2.05) is 36.4 Å². The van der Waals surface area contributed by atoms with E-state index in [0.29, 0.717) is 17.5 Å². The third-order valence-corrected chi connectivity index (χ3v) is 14.0. The molecule has 2 aliphatic rings. The van der Waals surface area contributed by atoms with Crippen LogP contribution in [0.5, 0.6) is 0 Å². The summed E-state index contributed by atoms with van der Waals surface area (Å²) in [5, 5.41) is 2.22. The van der Waals surface area contributed by atoms with Crippen molar-refractivity contribution in [1.82, 2.24) is 15.0 Å². The first-order valence-electron chi connectivity index (χ1n) is 22.3. The first-order chi connectivity index (χ1) is 32.0. The number of fused-ring (bicyclic) bond motifs is 12. The minimum absolute atomic E-state index is 0.217. The van der Waals surface area contributed by atoms with E-state index in [9.17, 15) is 0 Å². The van der Waals surface area contributed by atoms with Crippen molar-refractivity contribution in [2.45, 2.75) is 24.7 Å². The number of furan rings is 1. The fourth-order valence-corrected chi connectivity index (χ4v) is 11.0. The Morgan fingerprint density at radius 3 is 1.52 bits per heavy atom.